The Kier molecular flexibility index (Phi) is 4.20. The molecule has 6 nitrogen and oxygen atoms in total. The SMILES string of the molecule is COc1ccc(COc2cc(C3CC3)cn3c(Cl)c(C(=O)O)nc23)cc1. The van der Waals surface area contributed by atoms with Crippen LogP contribution in [0.3, 0.4) is 0 Å². The summed E-state index contributed by atoms with van der Waals surface area (Å²) >= 11 is 6.22. The first kappa shape index (κ1) is 16.7. The van der Waals surface area contributed by atoms with Crippen LogP contribution in [0.4, 0.5) is 0 Å². The molecular weight excluding hydrogens is 356 g/mol. The van der Waals surface area contributed by atoms with Crippen LogP contribution in [0.1, 0.15) is 40.4 Å². The summed E-state index contributed by atoms with van der Waals surface area (Å²) in [7, 11) is 1.62. The van der Waals surface area contributed by atoms with Crippen molar-refractivity contribution in [3.8, 4) is 11.5 Å². The molecule has 0 amide bonds. The molecule has 0 atom stereocenters. The molecule has 0 bridgehead atoms. The highest BCUT2D eigenvalue weighted by molar-refractivity contribution is 6.32. The molecule has 1 aromatic carbocycles. The molecular formula is C19H17ClN2O4. The summed E-state index contributed by atoms with van der Waals surface area (Å²) in [5.41, 5.74) is 2.29. The van der Waals surface area contributed by atoms with Gasteiger partial charge in [0.25, 0.3) is 0 Å². The molecule has 1 aliphatic rings. The first-order chi connectivity index (χ1) is 12.6. The number of aromatic nitrogens is 2. The van der Waals surface area contributed by atoms with Crippen LogP contribution >= 0.6 is 11.6 Å². The number of hydrogen-bond acceptors (Lipinski definition) is 4. The van der Waals surface area contributed by atoms with E-state index in [2.05, 4.69) is 4.98 Å². The summed E-state index contributed by atoms with van der Waals surface area (Å²) in [5, 5.41) is 9.38. The smallest absolute Gasteiger partial charge is 0.357 e. The lowest BCUT2D eigenvalue weighted by Gasteiger charge is -2.10. The molecule has 3 aromatic rings. The third-order valence-electron chi connectivity index (χ3n) is 4.45. The zero-order chi connectivity index (χ0) is 18.3. The van der Waals surface area contributed by atoms with E-state index in [1.165, 1.54) is 0 Å². The third kappa shape index (κ3) is 3.08. The van der Waals surface area contributed by atoms with E-state index in [0.717, 1.165) is 29.7 Å². The van der Waals surface area contributed by atoms with E-state index in [1.54, 1.807) is 11.5 Å². The minimum Gasteiger partial charge on any atom is -0.497 e. The Hall–Kier alpha value is -2.73. The minimum atomic E-state index is -1.16. The molecule has 0 aliphatic heterocycles. The number of halogens is 1. The van der Waals surface area contributed by atoms with Crippen LogP contribution < -0.4 is 9.47 Å². The van der Waals surface area contributed by atoms with Crippen molar-refractivity contribution in [1.29, 1.82) is 0 Å². The second-order valence-corrected chi connectivity index (χ2v) is 6.66. The van der Waals surface area contributed by atoms with Crippen molar-refractivity contribution in [2.24, 2.45) is 0 Å². The van der Waals surface area contributed by atoms with Gasteiger partial charge in [0.1, 0.15) is 17.5 Å². The van der Waals surface area contributed by atoms with E-state index >= 15 is 0 Å². The number of hydrogen-bond donors (Lipinski definition) is 1. The predicted octanol–water partition coefficient (Wildman–Crippen LogP) is 4.15. The number of imidazole rings is 1. The molecule has 1 N–H and O–H groups in total. The van der Waals surface area contributed by atoms with E-state index in [0.29, 0.717) is 23.9 Å². The number of carbonyl (C=O) groups is 1. The standard InChI is InChI=1S/C19H17ClN2O4/c1-25-14-6-2-11(3-7-14)10-26-15-8-13(12-4-5-12)9-22-17(20)16(19(23)24)21-18(15)22/h2-3,6-9,12H,4-5,10H2,1H3,(H,23,24). The summed E-state index contributed by atoms with van der Waals surface area (Å²) in [6.45, 7) is 0.334. The quantitative estimate of drug-likeness (QED) is 0.703. The van der Waals surface area contributed by atoms with Gasteiger partial charge >= 0.3 is 5.97 Å². The van der Waals surface area contributed by atoms with Gasteiger partial charge in [0, 0.05) is 6.20 Å². The Morgan fingerprint density at radius 1 is 1.35 bits per heavy atom. The van der Waals surface area contributed by atoms with Gasteiger partial charge in [-0.1, -0.05) is 23.7 Å². The summed E-state index contributed by atoms with van der Waals surface area (Å²) in [6.07, 6.45) is 4.08. The van der Waals surface area contributed by atoms with E-state index in [-0.39, 0.29) is 10.8 Å². The molecule has 0 unspecified atom stereocenters. The van der Waals surface area contributed by atoms with E-state index < -0.39 is 5.97 Å². The molecule has 1 saturated carbocycles. The van der Waals surface area contributed by atoms with Crippen LogP contribution in [-0.2, 0) is 6.61 Å². The van der Waals surface area contributed by atoms with E-state index in [1.807, 2.05) is 36.5 Å². The summed E-state index contributed by atoms with van der Waals surface area (Å²) in [5.74, 6) is 0.611. The van der Waals surface area contributed by atoms with Gasteiger partial charge in [-0.25, -0.2) is 9.78 Å². The number of fused-ring (bicyclic) bond motifs is 1. The molecule has 2 heterocycles. The summed E-state index contributed by atoms with van der Waals surface area (Å²) < 4.78 is 12.7. The van der Waals surface area contributed by atoms with Crippen molar-refractivity contribution in [3.63, 3.8) is 0 Å². The molecule has 0 radical (unpaired) electrons. The van der Waals surface area contributed by atoms with Gasteiger partial charge in [0.05, 0.1) is 7.11 Å². The monoisotopic (exact) mass is 372 g/mol. The fourth-order valence-corrected chi connectivity index (χ4v) is 3.12. The highest BCUT2D eigenvalue weighted by Gasteiger charge is 2.27. The molecule has 2 aromatic heterocycles. The summed E-state index contributed by atoms with van der Waals surface area (Å²) in [6, 6.07) is 9.50. The van der Waals surface area contributed by atoms with Gasteiger partial charge in [0.15, 0.2) is 17.1 Å². The molecule has 1 fully saturated rings. The zero-order valence-electron chi connectivity index (χ0n) is 14.1. The average Bonchev–Trinajstić information content (AvgIpc) is 3.44. The van der Waals surface area contributed by atoms with Crippen LogP contribution in [0.25, 0.3) is 5.65 Å². The molecule has 7 heteroatoms. The lowest BCUT2D eigenvalue weighted by molar-refractivity contribution is 0.0691. The molecule has 4 rings (SSSR count). The summed E-state index contributed by atoms with van der Waals surface area (Å²) in [4.78, 5) is 15.5. The van der Waals surface area contributed by atoms with E-state index in [4.69, 9.17) is 21.1 Å². The Balaban J connectivity index is 1.69. The number of carboxylic acids is 1. The van der Waals surface area contributed by atoms with Crippen molar-refractivity contribution in [1.82, 2.24) is 9.38 Å². The maximum atomic E-state index is 11.4. The predicted molar refractivity (Wildman–Crippen MR) is 96.5 cm³/mol. The maximum Gasteiger partial charge on any atom is 0.357 e. The Labute approximate surface area is 154 Å². The van der Waals surface area contributed by atoms with Crippen molar-refractivity contribution in [2.45, 2.75) is 25.4 Å². The van der Waals surface area contributed by atoms with Crippen molar-refractivity contribution >= 4 is 23.2 Å². The first-order valence-corrected chi connectivity index (χ1v) is 8.65. The van der Waals surface area contributed by atoms with Gasteiger partial charge in [0.2, 0.25) is 0 Å². The Bertz CT molecular complexity index is 977. The highest BCUT2D eigenvalue weighted by Crippen LogP contribution is 2.42. The number of aromatic carboxylic acids is 1. The van der Waals surface area contributed by atoms with Crippen LogP contribution in [-0.4, -0.2) is 27.6 Å². The molecule has 0 saturated heterocycles. The van der Waals surface area contributed by atoms with Gasteiger partial charge in [-0.05, 0) is 48.1 Å². The number of benzene rings is 1. The normalized spacial score (nSPS) is 13.8. The molecule has 134 valence electrons. The van der Waals surface area contributed by atoms with E-state index in [9.17, 15) is 9.90 Å². The van der Waals surface area contributed by atoms with Crippen LogP contribution in [0, 0.1) is 0 Å². The lowest BCUT2D eigenvalue weighted by atomic mass is 10.2. The number of carboxylic acid groups (broad SMARTS) is 1. The van der Waals surface area contributed by atoms with Crippen molar-refractivity contribution in [2.75, 3.05) is 7.11 Å². The van der Waals surface area contributed by atoms with Gasteiger partial charge in [-0.3, -0.25) is 4.40 Å². The van der Waals surface area contributed by atoms with Crippen LogP contribution in [0.5, 0.6) is 11.5 Å². The topological polar surface area (TPSA) is 73.1 Å². The molecule has 26 heavy (non-hydrogen) atoms. The number of ether oxygens (including phenoxy) is 2. The minimum absolute atomic E-state index is 0.0873. The number of nitrogens with zero attached hydrogens (tertiary/aromatic N) is 2. The second kappa shape index (κ2) is 6.53. The molecule has 0 spiro atoms. The number of rotatable bonds is 6. The first-order valence-electron chi connectivity index (χ1n) is 8.27. The van der Waals surface area contributed by atoms with Gasteiger partial charge < -0.3 is 14.6 Å². The maximum absolute atomic E-state index is 11.4. The Morgan fingerprint density at radius 2 is 2.08 bits per heavy atom. The fourth-order valence-electron chi connectivity index (χ4n) is 2.87. The van der Waals surface area contributed by atoms with Crippen LogP contribution in [0.15, 0.2) is 36.5 Å². The lowest BCUT2D eigenvalue weighted by Crippen LogP contribution is -2.00. The largest absolute Gasteiger partial charge is 0.497 e. The number of methoxy groups -OCH3 is 1. The fraction of sp³-hybridized carbons (Fsp3) is 0.263. The third-order valence-corrected chi connectivity index (χ3v) is 4.81. The molecule has 1 aliphatic carbocycles. The van der Waals surface area contributed by atoms with Crippen molar-refractivity contribution < 1.29 is 19.4 Å². The zero-order valence-corrected chi connectivity index (χ0v) is 14.9. The average molecular weight is 373 g/mol. The van der Waals surface area contributed by atoms with Crippen molar-refractivity contribution in [3.05, 3.63) is 58.5 Å². The second-order valence-electron chi connectivity index (χ2n) is 6.30. The Morgan fingerprint density at radius 3 is 2.69 bits per heavy atom. The van der Waals surface area contributed by atoms with Gasteiger partial charge in [-0.15, -0.1) is 0 Å². The van der Waals surface area contributed by atoms with Crippen LogP contribution in [0.2, 0.25) is 5.15 Å². The number of pyridine rings is 1. The highest BCUT2D eigenvalue weighted by atomic mass is 35.5. The van der Waals surface area contributed by atoms with Gasteiger partial charge in [-0.2, -0.15) is 0 Å².